The Morgan fingerprint density at radius 1 is 0.734 bits per heavy atom. The molecule has 3 aliphatic heterocycles. The van der Waals surface area contributed by atoms with Gasteiger partial charge in [-0.15, -0.1) is 0 Å². The summed E-state index contributed by atoms with van der Waals surface area (Å²) in [7, 11) is 0. The average Bonchev–Trinajstić information content (AvgIpc) is 4.19. The molecule has 0 bridgehead atoms. The Balaban J connectivity index is 0.837. The van der Waals surface area contributed by atoms with Gasteiger partial charge in [-0.2, -0.15) is 0 Å². The van der Waals surface area contributed by atoms with Crippen LogP contribution in [0, 0.1) is 17.7 Å². The fourth-order valence-electron chi connectivity index (χ4n) is 8.79. The molecule has 13 nitrogen and oxygen atoms in total. The highest BCUT2D eigenvalue weighted by Crippen LogP contribution is 2.36. The summed E-state index contributed by atoms with van der Waals surface area (Å²) in [6.07, 6.45) is 6.70. The first kappa shape index (κ1) is 42.2. The fourth-order valence-corrected chi connectivity index (χ4v) is 8.79. The Bertz CT molecular complexity index is 2650. The predicted molar refractivity (Wildman–Crippen MR) is 237 cm³/mol. The molecule has 4 aromatic carbocycles. The summed E-state index contributed by atoms with van der Waals surface area (Å²) in [5.41, 5.74) is 11.6. The molecule has 3 amide bonds. The highest BCUT2D eigenvalue weighted by atomic mass is 19.1. The fraction of sp³-hybridized carbons (Fsp3) is 0.300. The van der Waals surface area contributed by atoms with Crippen LogP contribution in [-0.4, -0.2) is 80.1 Å². The Morgan fingerprint density at radius 2 is 1.31 bits per heavy atom. The third kappa shape index (κ3) is 9.32. The van der Waals surface area contributed by atoms with Crippen molar-refractivity contribution in [1.29, 1.82) is 0 Å². The number of nitrogens with one attached hydrogen (secondary N) is 3. The van der Waals surface area contributed by atoms with E-state index in [2.05, 4.69) is 37.1 Å². The van der Waals surface area contributed by atoms with Gasteiger partial charge in [-0.1, -0.05) is 84.6 Å². The van der Waals surface area contributed by atoms with E-state index in [1.807, 2.05) is 77.7 Å². The molecule has 0 unspecified atom stereocenters. The first-order chi connectivity index (χ1) is 31.3. The summed E-state index contributed by atoms with van der Waals surface area (Å²) in [5, 5.41) is 2.82. The normalized spacial score (nSPS) is 18.5. The molecule has 9 rings (SSSR count). The molecule has 5 N–H and O–H groups in total. The number of imidazole rings is 2. The van der Waals surface area contributed by atoms with Gasteiger partial charge in [0.05, 0.1) is 49.1 Å². The number of hydrogen-bond acceptors (Lipinski definition) is 8. The zero-order chi connectivity index (χ0) is 44.0. The van der Waals surface area contributed by atoms with Crippen molar-refractivity contribution in [3.63, 3.8) is 0 Å². The standard InChI is InChI=1S/C50H49FN8O5/c51-39-29-33(16-15-32-17-20-34(21-18-32)40-30-53-46(55-40)42-13-7-25-58(42)48(60)44(52)35-9-3-1-4-10-35)19-22-38(39)41-31-54-47(56-41)43-14-8-26-59(43)49(61)45(36-11-5-2-6-12-36)57-50(62)64-37-23-27-63-28-24-37/h1-6,9-12,17-22,29-31,37,42-45H,7-8,13-14,23-28,52H2,(H,53,55)(H,54,56)(H,57,62)/t42-,43-,44+,45+/m0/s1. The summed E-state index contributed by atoms with van der Waals surface area (Å²) >= 11 is 0. The second kappa shape index (κ2) is 19.1. The van der Waals surface area contributed by atoms with E-state index in [1.54, 1.807) is 41.6 Å². The van der Waals surface area contributed by atoms with E-state index in [-0.39, 0.29) is 24.0 Å². The minimum atomic E-state index is -0.962. The van der Waals surface area contributed by atoms with Crippen LogP contribution in [0.5, 0.6) is 0 Å². The minimum Gasteiger partial charge on any atom is -0.446 e. The molecule has 64 heavy (non-hydrogen) atoms. The van der Waals surface area contributed by atoms with Gasteiger partial charge < -0.3 is 40.3 Å². The first-order valence-corrected chi connectivity index (χ1v) is 21.8. The van der Waals surface area contributed by atoms with E-state index in [4.69, 9.17) is 15.2 Å². The highest BCUT2D eigenvalue weighted by Gasteiger charge is 2.38. The minimum absolute atomic E-state index is 0.115. The molecular formula is C50H49FN8O5. The van der Waals surface area contributed by atoms with Crippen LogP contribution in [0.4, 0.5) is 9.18 Å². The zero-order valence-electron chi connectivity index (χ0n) is 35.2. The van der Waals surface area contributed by atoms with Crippen LogP contribution < -0.4 is 11.1 Å². The number of alkyl carbamates (subject to hydrolysis) is 1. The van der Waals surface area contributed by atoms with Crippen LogP contribution in [0.15, 0.2) is 116 Å². The van der Waals surface area contributed by atoms with Crippen molar-refractivity contribution in [1.82, 2.24) is 35.1 Å². The number of hydrogen-bond donors (Lipinski definition) is 4. The SMILES string of the molecule is N[C@@H](C(=O)N1CCC[C@H]1c1ncc(-c2ccc(C#Cc3ccc(-c4cnc([C@@H]5CCCN5C(=O)[C@H](NC(=O)OC5CCOCC5)c5ccccc5)[nH]4)c(F)c3)cc2)[nH]1)c1ccccc1. The van der Waals surface area contributed by atoms with Crippen LogP contribution in [0.2, 0.25) is 0 Å². The molecular weight excluding hydrogens is 812 g/mol. The monoisotopic (exact) mass is 860 g/mol. The average molecular weight is 861 g/mol. The van der Waals surface area contributed by atoms with Crippen LogP contribution in [0.3, 0.4) is 0 Å². The highest BCUT2D eigenvalue weighted by molar-refractivity contribution is 5.87. The number of aromatic amines is 2. The van der Waals surface area contributed by atoms with Gasteiger partial charge in [0.25, 0.3) is 5.91 Å². The lowest BCUT2D eigenvalue weighted by molar-refractivity contribution is -0.135. The van der Waals surface area contributed by atoms with E-state index >= 15 is 4.39 Å². The number of likely N-dealkylation sites (tertiary alicyclic amines) is 2. The number of carbonyl (C=O) groups excluding carboxylic acids is 3. The number of amides is 3. The molecule has 0 saturated carbocycles. The van der Waals surface area contributed by atoms with Crippen molar-refractivity contribution < 1.29 is 28.2 Å². The molecule has 3 saturated heterocycles. The quantitative estimate of drug-likeness (QED) is 0.102. The predicted octanol–water partition coefficient (Wildman–Crippen LogP) is 7.68. The molecule has 326 valence electrons. The largest absolute Gasteiger partial charge is 0.446 e. The molecule has 5 heterocycles. The zero-order valence-corrected chi connectivity index (χ0v) is 35.2. The number of ether oxygens (including phenoxy) is 2. The maximum atomic E-state index is 15.7. The number of benzene rings is 4. The van der Waals surface area contributed by atoms with Crippen LogP contribution in [0.25, 0.3) is 22.5 Å². The first-order valence-electron chi connectivity index (χ1n) is 21.8. The summed E-state index contributed by atoms with van der Waals surface area (Å²) in [4.78, 5) is 60.1. The molecule has 6 aromatic rings. The second-order valence-electron chi connectivity index (χ2n) is 16.4. The van der Waals surface area contributed by atoms with Crippen molar-refractivity contribution in [3.05, 3.63) is 155 Å². The molecule has 3 fully saturated rings. The van der Waals surface area contributed by atoms with E-state index in [9.17, 15) is 14.4 Å². The molecule has 0 spiro atoms. The van der Waals surface area contributed by atoms with E-state index in [1.165, 1.54) is 6.07 Å². The van der Waals surface area contributed by atoms with Gasteiger partial charge in [0.2, 0.25) is 5.91 Å². The number of halogens is 1. The third-order valence-corrected chi connectivity index (χ3v) is 12.2. The van der Waals surface area contributed by atoms with Crippen molar-refractivity contribution in [2.75, 3.05) is 26.3 Å². The van der Waals surface area contributed by atoms with E-state index < -0.39 is 30.0 Å². The van der Waals surface area contributed by atoms with Crippen molar-refractivity contribution in [2.45, 2.75) is 68.8 Å². The summed E-state index contributed by atoms with van der Waals surface area (Å²) in [6.45, 7) is 2.14. The summed E-state index contributed by atoms with van der Waals surface area (Å²) in [6, 6.07) is 28.8. The maximum Gasteiger partial charge on any atom is 0.408 e. The molecule has 0 radical (unpaired) electrons. The van der Waals surface area contributed by atoms with E-state index in [0.29, 0.717) is 73.8 Å². The van der Waals surface area contributed by atoms with Gasteiger partial charge in [-0.3, -0.25) is 9.59 Å². The number of nitrogens with two attached hydrogens (primary N) is 1. The Labute approximate surface area is 370 Å². The smallest absolute Gasteiger partial charge is 0.408 e. The lowest BCUT2D eigenvalue weighted by Gasteiger charge is -2.29. The summed E-state index contributed by atoms with van der Waals surface area (Å²) < 4.78 is 26.7. The third-order valence-electron chi connectivity index (χ3n) is 12.2. The van der Waals surface area contributed by atoms with Gasteiger partial charge in [-0.05, 0) is 72.7 Å². The molecule has 14 heteroatoms. The number of carbonyl (C=O) groups is 3. The lowest BCUT2D eigenvalue weighted by atomic mass is 10.0. The Hall–Kier alpha value is -7.08. The van der Waals surface area contributed by atoms with Crippen LogP contribution >= 0.6 is 0 Å². The molecule has 0 aliphatic carbocycles. The van der Waals surface area contributed by atoms with Crippen LogP contribution in [0.1, 0.15) is 96.6 Å². The number of rotatable bonds is 10. The van der Waals surface area contributed by atoms with Gasteiger partial charge in [0.1, 0.15) is 35.7 Å². The molecule has 3 aliphatic rings. The van der Waals surface area contributed by atoms with Gasteiger partial charge in [-0.25, -0.2) is 19.2 Å². The Morgan fingerprint density at radius 3 is 1.97 bits per heavy atom. The van der Waals surface area contributed by atoms with Crippen molar-refractivity contribution >= 4 is 17.9 Å². The maximum absolute atomic E-state index is 15.7. The van der Waals surface area contributed by atoms with Gasteiger partial charge >= 0.3 is 6.09 Å². The number of aromatic nitrogens is 4. The molecule has 4 atom stereocenters. The van der Waals surface area contributed by atoms with Gasteiger partial charge in [0.15, 0.2) is 0 Å². The van der Waals surface area contributed by atoms with Crippen molar-refractivity contribution in [3.8, 4) is 34.4 Å². The van der Waals surface area contributed by atoms with Crippen LogP contribution in [-0.2, 0) is 19.1 Å². The van der Waals surface area contributed by atoms with Gasteiger partial charge in [0, 0.05) is 42.6 Å². The number of nitrogens with zero attached hydrogens (tertiary/aromatic N) is 4. The Kier molecular flexibility index (Phi) is 12.6. The number of H-pyrrole nitrogens is 2. The van der Waals surface area contributed by atoms with E-state index in [0.717, 1.165) is 47.5 Å². The molecule has 2 aromatic heterocycles. The van der Waals surface area contributed by atoms with Crippen molar-refractivity contribution in [2.24, 2.45) is 5.73 Å². The second-order valence-corrected chi connectivity index (χ2v) is 16.4. The summed E-state index contributed by atoms with van der Waals surface area (Å²) in [5.74, 6) is 6.61. The lowest BCUT2D eigenvalue weighted by Crippen LogP contribution is -2.44. The topological polar surface area (TPSA) is 172 Å².